The largest absolute Gasteiger partial charge is 0.475 e. The number of amides is 5. The monoisotopic (exact) mass is 460 g/mol. The van der Waals surface area contributed by atoms with Crippen molar-refractivity contribution in [2.45, 2.75) is 49.7 Å². The topological polar surface area (TPSA) is 117 Å². The molecule has 174 valence electrons. The number of fused-ring (bicyclic) bond motifs is 2. The van der Waals surface area contributed by atoms with Gasteiger partial charge in [-0.05, 0) is 61.1 Å². The lowest BCUT2D eigenvalue weighted by Crippen LogP contribution is -2.56. The molecule has 1 saturated heterocycles. The summed E-state index contributed by atoms with van der Waals surface area (Å²) in [6.07, 6.45) is 3.91. The molecule has 2 spiro atoms. The number of nitrogens with zero attached hydrogens (tertiary/aromatic N) is 1. The number of hydrogen-bond donors (Lipinski definition) is 3. The Morgan fingerprint density at radius 3 is 2.56 bits per heavy atom. The highest BCUT2D eigenvalue weighted by Gasteiger charge is 2.51. The molecule has 9 nitrogen and oxygen atoms in total. The van der Waals surface area contributed by atoms with Crippen LogP contribution in [0.5, 0.6) is 5.75 Å². The Morgan fingerprint density at radius 1 is 1.03 bits per heavy atom. The summed E-state index contributed by atoms with van der Waals surface area (Å²) < 4.78 is 6.15. The van der Waals surface area contributed by atoms with Crippen LogP contribution < -0.4 is 25.6 Å². The van der Waals surface area contributed by atoms with Gasteiger partial charge in [-0.25, -0.2) is 4.79 Å². The van der Waals surface area contributed by atoms with E-state index >= 15 is 0 Å². The van der Waals surface area contributed by atoms with Crippen molar-refractivity contribution in [1.29, 1.82) is 0 Å². The Balaban J connectivity index is 1.20. The molecule has 5 amide bonds. The van der Waals surface area contributed by atoms with E-state index in [4.69, 9.17) is 4.74 Å². The van der Waals surface area contributed by atoms with Gasteiger partial charge in [0.05, 0.1) is 5.69 Å². The second-order valence-electron chi connectivity index (χ2n) is 9.54. The minimum Gasteiger partial charge on any atom is -0.475 e. The maximum Gasteiger partial charge on any atom is 0.322 e. The number of urea groups is 1. The zero-order chi connectivity index (χ0) is 23.5. The molecule has 1 atom stereocenters. The minimum atomic E-state index is -0.957. The molecule has 9 heteroatoms. The van der Waals surface area contributed by atoms with E-state index in [-0.39, 0.29) is 24.3 Å². The Bertz CT molecular complexity index is 1250. The normalized spacial score (nSPS) is 24.0. The van der Waals surface area contributed by atoms with E-state index in [2.05, 4.69) is 16.0 Å². The van der Waals surface area contributed by atoms with Gasteiger partial charge in [0.15, 0.2) is 5.60 Å². The molecule has 2 fully saturated rings. The van der Waals surface area contributed by atoms with E-state index in [9.17, 15) is 19.2 Å². The zero-order valence-electron chi connectivity index (χ0n) is 18.5. The number of ether oxygens (including phenoxy) is 1. The smallest absolute Gasteiger partial charge is 0.322 e. The molecule has 0 aromatic heterocycles. The first-order valence-electron chi connectivity index (χ1n) is 11.5. The number of anilines is 2. The fourth-order valence-corrected chi connectivity index (χ4v) is 5.67. The van der Waals surface area contributed by atoms with Crippen LogP contribution in [0.2, 0.25) is 0 Å². The molecule has 1 unspecified atom stereocenters. The van der Waals surface area contributed by atoms with Gasteiger partial charge in [-0.2, -0.15) is 0 Å². The van der Waals surface area contributed by atoms with E-state index in [1.54, 1.807) is 12.1 Å². The second kappa shape index (κ2) is 7.31. The van der Waals surface area contributed by atoms with Crippen molar-refractivity contribution in [2.75, 3.05) is 16.8 Å². The molecule has 2 aliphatic heterocycles. The van der Waals surface area contributed by atoms with Gasteiger partial charge in [0.1, 0.15) is 17.8 Å². The predicted octanol–water partition coefficient (Wildman–Crippen LogP) is 2.04. The molecular weight excluding hydrogens is 436 g/mol. The van der Waals surface area contributed by atoms with Crippen LogP contribution in [-0.4, -0.2) is 41.4 Å². The molecule has 34 heavy (non-hydrogen) atoms. The highest BCUT2D eigenvalue weighted by molar-refractivity contribution is 6.09. The van der Waals surface area contributed by atoms with Crippen LogP contribution in [0.1, 0.15) is 36.8 Å². The number of carbonyl (C=O) groups excluding carboxylic acids is 4. The number of nitrogens with one attached hydrogen (secondary N) is 3. The summed E-state index contributed by atoms with van der Waals surface area (Å²) >= 11 is 0. The van der Waals surface area contributed by atoms with Crippen molar-refractivity contribution in [3.63, 3.8) is 0 Å². The van der Waals surface area contributed by atoms with Crippen molar-refractivity contribution in [3.05, 3.63) is 53.6 Å². The molecular formula is C25H24N4O5. The molecule has 2 aromatic carbocycles. The Kier molecular flexibility index (Phi) is 4.45. The summed E-state index contributed by atoms with van der Waals surface area (Å²) in [4.78, 5) is 51.9. The maximum absolute atomic E-state index is 13.4. The van der Waals surface area contributed by atoms with Crippen LogP contribution >= 0.6 is 0 Å². The van der Waals surface area contributed by atoms with Gasteiger partial charge in [-0.1, -0.05) is 18.2 Å². The van der Waals surface area contributed by atoms with Gasteiger partial charge >= 0.3 is 6.03 Å². The fourth-order valence-electron chi connectivity index (χ4n) is 5.67. The number of carbonyl (C=O) groups is 4. The van der Waals surface area contributed by atoms with E-state index in [0.717, 1.165) is 24.0 Å². The third-order valence-corrected chi connectivity index (χ3v) is 7.30. The summed E-state index contributed by atoms with van der Waals surface area (Å²) in [7, 11) is 0. The van der Waals surface area contributed by atoms with Crippen molar-refractivity contribution in [2.24, 2.45) is 0 Å². The first-order valence-corrected chi connectivity index (χ1v) is 11.5. The SMILES string of the molecule is O=C(CN1C(=O)C2(CCCC2)Oc2ccccc21)Nc1ccc2c(c1)CC1(C2)NC(=O)NC1=O. The number of benzene rings is 2. The molecule has 0 radical (unpaired) electrons. The Morgan fingerprint density at radius 2 is 1.79 bits per heavy atom. The summed E-state index contributed by atoms with van der Waals surface area (Å²) in [5.41, 5.74) is 1.18. The highest BCUT2D eigenvalue weighted by Crippen LogP contribution is 2.44. The second-order valence-corrected chi connectivity index (χ2v) is 9.54. The summed E-state index contributed by atoms with van der Waals surface area (Å²) in [6.45, 7) is -0.125. The summed E-state index contributed by atoms with van der Waals surface area (Å²) in [6, 6.07) is 12.3. The van der Waals surface area contributed by atoms with Crippen molar-refractivity contribution in [3.8, 4) is 5.75 Å². The lowest BCUT2D eigenvalue weighted by Gasteiger charge is -2.40. The van der Waals surface area contributed by atoms with Gasteiger partial charge < -0.3 is 15.4 Å². The quantitative estimate of drug-likeness (QED) is 0.606. The molecule has 2 heterocycles. The first-order chi connectivity index (χ1) is 16.4. The van der Waals surface area contributed by atoms with E-state index in [1.165, 1.54) is 4.90 Å². The molecule has 3 N–H and O–H groups in total. The Labute approximate surface area is 195 Å². The molecule has 0 bridgehead atoms. The summed E-state index contributed by atoms with van der Waals surface area (Å²) in [5, 5.41) is 7.93. The summed E-state index contributed by atoms with van der Waals surface area (Å²) in [5.74, 6) is -0.198. The molecule has 2 aliphatic carbocycles. The van der Waals surface area contributed by atoms with E-state index in [0.29, 0.717) is 42.8 Å². The van der Waals surface area contributed by atoms with E-state index < -0.39 is 17.2 Å². The van der Waals surface area contributed by atoms with Gasteiger partial charge in [-0.3, -0.25) is 24.6 Å². The number of para-hydroxylation sites is 2. The lowest BCUT2D eigenvalue weighted by atomic mass is 9.96. The van der Waals surface area contributed by atoms with Crippen molar-refractivity contribution in [1.82, 2.24) is 10.6 Å². The zero-order valence-corrected chi connectivity index (χ0v) is 18.5. The lowest BCUT2D eigenvalue weighted by molar-refractivity contribution is -0.136. The number of imide groups is 1. The maximum atomic E-state index is 13.4. The fraction of sp³-hybridized carbons (Fsp3) is 0.360. The van der Waals surface area contributed by atoms with Crippen LogP contribution in [0.25, 0.3) is 0 Å². The van der Waals surface area contributed by atoms with Gasteiger partial charge in [0.2, 0.25) is 5.91 Å². The van der Waals surface area contributed by atoms with E-state index in [1.807, 2.05) is 30.3 Å². The van der Waals surface area contributed by atoms with Crippen LogP contribution in [0, 0.1) is 0 Å². The minimum absolute atomic E-state index is 0.125. The average Bonchev–Trinajstić information content (AvgIpc) is 3.49. The number of rotatable bonds is 3. The third kappa shape index (κ3) is 3.14. The van der Waals surface area contributed by atoms with Crippen LogP contribution in [0.4, 0.5) is 16.2 Å². The van der Waals surface area contributed by atoms with Crippen LogP contribution in [-0.2, 0) is 27.2 Å². The van der Waals surface area contributed by atoms with Gasteiger partial charge in [-0.15, -0.1) is 0 Å². The first kappa shape index (κ1) is 20.7. The molecule has 1 saturated carbocycles. The molecule has 4 aliphatic rings. The van der Waals surface area contributed by atoms with Crippen molar-refractivity contribution >= 4 is 35.1 Å². The number of hydrogen-bond acceptors (Lipinski definition) is 5. The standard InChI is InChI=1S/C25H24N4O5/c30-20(14-29-18-5-1-2-6-19(18)34-25(22(29)32)9-3-4-10-25)26-17-8-7-15-12-24(13-16(15)11-17)21(31)27-23(33)28-24/h1-2,5-8,11H,3-4,9-10,12-14H2,(H,26,30)(H2,27,28,31,33). The van der Waals surface area contributed by atoms with Gasteiger partial charge in [0.25, 0.3) is 11.8 Å². The predicted molar refractivity (Wildman–Crippen MR) is 123 cm³/mol. The molecule has 2 aromatic rings. The highest BCUT2D eigenvalue weighted by atomic mass is 16.5. The van der Waals surface area contributed by atoms with Crippen molar-refractivity contribution < 1.29 is 23.9 Å². The molecule has 6 rings (SSSR count). The third-order valence-electron chi connectivity index (χ3n) is 7.30. The van der Waals surface area contributed by atoms with Crippen LogP contribution in [0.15, 0.2) is 42.5 Å². The Hall–Kier alpha value is -3.88. The van der Waals surface area contributed by atoms with Crippen LogP contribution in [0.3, 0.4) is 0 Å². The average molecular weight is 460 g/mol. The van der Waals surface area contributed by atoms with Gasteiger partial charge in [0, 0.05) is 18.5 Å².